The fourth-order valence-electron chi connectivity index (χ4n) is 3.36. The Hall–Kier alpha value is -0.980. The molecule has 0 bridgehead atoms. The molecule has 6 heteroatoms. The monoisotopic (exact) mass is 295 g/mol. The molecule has 1 aliphatic heterocycles. The van der Waals surface area contributed by atoms with Crippen molar-refractivity contribution in [3.05, 3.63) is 11.7 Å². The smallest absolute Gasteiger partial charge is 0.233 e. The lowest BCUT2D eigenvalue weighted by Crippen LogP contribution is -2.35. The number of hydrogen-bond acceptors (Lipinski definition) is 6. The summed E-state index contributed by atoms with van der Waals surface area (Å²) in [5.41, 5.74) is -0.340. The lowest BCUT2D eigenvalue weighted by Gasteiger charge is -2.22. The Bertz CT molecular complexity index is 457. The summed E-state index contributed by atoms with van der Waals surface area (Å²) in [6.07, 6.45) is 5.36. The number of hydrogen-bond donors (Lipinski definition) is 1. The lowest BCUT2D eigenvalue weighted by atomic mass is 10.0. The first kappa shape index (κ1) is 14.9. The first-order chi connectivity index (χ1) is 10.3. The summed E-state index contributed by atoms with van der Waals surface area (Å²) in [7, 11) is 1.74. The minimum atomic E-state index is -0.340. The van der Waals surface area contributed by atoms with Gasteiger partial charge in [0.05, 0.1) is 19.1 Å². The van der Waals surface area contributed by atoms with Crippen LogP contribution in [0, 0.1) is 0 Å². The number of rotatable bonds is 6. The van der Waals surface area contributed by atoms with E-state index in [9.17, 15) is 0 Å². The van der Waals surface area contributed by atoms with Crippen LogP contribution in [-0.2, 0) is 15.1 Å². The zero-order valence-corrected chi connectivity index (χ0v) is 12.9. The number of nitrogens with zero attached hydrogens (tertiary/aromatic N) is 2. The van der Waals surface area contributed by atoms with E-state index in [1.54, 1.807) is 7.11 Å². The van der Waals surface area contributed by atoms with E-state index in [1.165, 1.54) is 0 Å². The molecule has 0 aromatic carbocycles. The topological polar surface area (TPSA) is 69.4 Å². The van der Waals surface area contributed by atoms with Crippen molar-refractivity contribution >= 4 is 0 Å². The summed E-state index contributed by atoms with van der Waals surface area (Å²) >= 11 is 0. The van der Waals surface area contributed by atoms with Gasteiger partial charge < -0.3 is 19.3 Å². The fourth-order valence-corrected chi connectivity index (χ4v) is 3.36. The normalized spacial score (nSPS) is 28.3. The Labute approximate surface area is 125 Å². The van der Waals surface area contributed by atoms with E-state index in [0.717, 1.165) is 38.6 Å². The van der Waals surface area contributed by atoms with Crippen molar-refractivity contribution in [2.24, 2.45) is 0 Å². The zero-order valence-electron chi connectivity index (χ0n) is 12.9. The quantitative estimate of drug-likeness (QED) is 0.865. The molecule has 1 saturated carbocycles. The standard InChI is InChI=1S/C15H25N3O3/c1-3-8-16-12-10-20-9-11(12)13-17-14(18-21-13)15(19-2)6-4-5-7-15/h11-12,16H,3-10H2,1-2H3. The summed E-state index contributed by atoms with van der Waals surface area (Å²) < 4.78 is 16.8. The highest BCUT2D eigenvalue weighted by molar-refractivity contribution is 5.08. The third-order valence-electron chi connectivity index (χ3n) is 4.71. The largest absolute Gasteiger partial charge is 0.379 e. The Kier molecular flexibility index (Phi) is 4.57. The molecule has 2 heterocycles. The minimum absolute atomic E-state index is 0.146. The van der Waals surface area contributed by atoms with E-state index in [0.29, 0.717) is 24.9 Å². The number of aromatic nitrogens is 2. The highest BCUT2D eigenvalue weighted by atomic mass is 16.5. The molecule has 118 valence electrons. The summed E-state index contributed by atoms with van der Waals surface area (Å²) in [6.45, 7) is 4.49. The van der Waals surface area contributed by atoms with Crippen molar-refractivity contribution in [1.29, 1.82) is 0 Å². The summed E-state index contributed by atoms with van der Waals surface area (Å²) in [5.74, 6) is 1.53. The Morgan fingerprint density at radius 2 is 2.14 bits per heavy atom. The second kappa shape index (κ2) is 6.42. The summed E-state index contributed by atoms with van der Waals surface area (Å²) in [6, 6.07) is 0.264. The highest BCUT2D eigenvalue weighted by Gasteiger charge is 2.42. The maximum Gasteiger partial charge on any atom is 0.233 e. The van der Waals surface area contributed by atoms with Crippen LogP contribution in [0.1, 0.15) is 56.7 Å². The maximum atomic E-state index is 5.72. The molecule has 1 N–H and O–H groups in total. The van der Waals surface area contributed by atoms with Crippen LogP contribution in [0.5, 0.6) is 0 Å². The van der Waals surface area contributed by atoms with Crippen LogP contribution < -0.4 is 5.32 Å². The van der Waals surface area contributed by atoms with Crippen LogP contribution in [0.2, 0.25) is 0 Å². The average Bonchev–Trinajstić information content (AvgIpc) is 3.23. The van der Waals surface area contributed by atoms with Gasteiger partial charge >= 0.3 is 0 Å². The van der Waals surface area contributed by atoms with E-state index in [-0.39, 0.29) is 17.6 Å². The van der Waals surface area contributed by atoms with E-state index in [1.807, 2.05) is 0 Å². The third-order valence-corrected chi connectivity index (χ3v) is 4.71. The number of nitrogens with one attached hydrogen (secondary N) is 1. The van der Waals surface area contributed by atoms with Crippen molar-refractivity contribution in [3.63, 3.8) is 0 Å². The molecule has 3 rings (SSSR count). The maximum absolute atomic E-state index is 5.72. The third kappa shape index (κ3) is 2.84. The molecular weight excluding hydrogens is 270 g/mol. The molecule has 0 radical (unpaired) electrons. The van der Waals surface area contributed by atoms with Crippen molar-refractivity contribution in [2.45, 2.75) is 56.6 Å². The summed E-state index contributed by atoms with van der Waals surface area (Å²) in [5, 5.41) is 7.70. The first-order valence-electron chi connectivity index (χ1n) is 7.99. The SMILES string of the molecule is CCCNC1COCC1c1nc(C2(OC)CCCC2)no1. The van der Waals surface area contributed by atoms with Gasteiger partial charge in [0.2, 0.25) is 11.7 Å². The van der Waals surface area contributed by atoms with Crippen LogP contribution in [0.15, 0.2) is 4.52 Å². The number of methoxy groups -OCH3 is 1. The van der Waals surface area contributed by atoms with Crippen LogP contribution in [0.3, 0.4) is 0 Å². The molecule has 0 amide bonds. The van der Waals surface area contributed by atoms with Gasteiger partial charge in [0.15, 0.2) is 0 Å². The molecule has 2 aliphatic rings. The molecular formula is C15H25N3O3. The molecule has 1 aliphatic carbocycles. The van der Waals surface area contributed by atoms with Gasteiger partial charge in [0, 0.05) is 13.2 Å². The van der Waals surface area contributed by atoms with Gasteiger partial charge in [-0.05, 0) is 38.6 Å². The van der Waals surface area contributed by atoms with Gasteiger partial charge in [-0.15, -0.1) is 0 Å². The molecule has 21 heavy (non-hydrogen) atoms. The molecule has 2 fully saturated rings. The van der Waals surface area contributed by atoms with Crippen molar-refractivity contribution in [3.8, 4) is 0 Å². The Balaban J connectivity index is 1.75. The minimum Gasteiger partial charge on any atom is -0.379 e. The van der Waals surface area contributed by atoms with E-state index in [2.05, 4.69) is 22.4 Å². The molecule has 2 atom stereocenters. The van der Waals surface area contributed by atoms with Crippen LogP contribution in [-0.4, -0.2) is 43.1 Å². The van der Waals surface area contributed by atoms with E-state index in [4.69, 9.17) is 14.0 Å². The van der Waals surface area contributed by atoms with Crippen molar-refractivity contribution in [1.82, 2.24) is 15.5 Å². The fraction of sp³-hybridized carbons (Fsp3) is 0.867. The zero-order chi connectivity index (χ0) is 14.7. The molecule has 1 aromatic heterocycles. The van der Waals surface area contributed by atoms with E-state index >= 15 is 0 Å². The lowest BCUT2D eigenvalue weighted by molar-refractivity contribution is -0.0178. The van der Waals surface area contributed by atoms with Gasteiger partial charge in [-0.2, -0.15) is 4.98 Å². The van der Waals surface area contributed by atoms with Crippen molar-refractivity contribution in [2.75, 3.05) is 26.9 Å². The predicted molar refractivity (Wildman–Crippen MR) is 77.1 cm³/mol. The first-order valence-corrected chi connectivity index (χ1v) is 7.99. The Morgan fingerprint density at radius 1 is 1.33 bits per heavy atom. The van der Waals surface area contributed by atoms with Crippen LogP contribution in [0.25, 0.3) is 0 Å². The van der Waals surface area contributed by atoms with Gasteiger partial charge in [-0.3, -0.25) is 0 Å². The van der Waals surface area contributed by atoms with Gasteiger partial charge in [-0.1, -0.05) is 12.1 Å². The van der Waals surface area contributed by atoms with Crippen LogP contribution >= 0.6 is 0 Å². The van der Waals surface area contributed by atoms with Gasteiger partial charge in [0.25, 0.3) is 0 Å². The number of ether oxygens (including phenoxy) is 2. The molecule has 1 aromatic rings. The molecule has 6 nitrogen and oxygen atoms in total. The molecule has 0 spiro atoms. The highest BCUT2D eigenvalue weighted by Crippen LogP contribution is 2.40. The second-order valence-electron chi connectivity index (χ2n) is 6.07. The average molecular weight is 295 g/mol. The molecule has 2 unspecified atom stereocenters. The van der Waals surface area contributed by atoms with Crippen LogP contribution in [0.4, 0.5) is 0 Å². The second-order valence-corrected chi connectivity index (χ2v) is 6.07. The van der Waals surface area contributed by atoms with E-state index < -0.39 is 0 Å². The summed E-state index contributed by atoms with van der Waals surface area (Å²) in [4.78, 5) is 4.65. The predicted octanol–water partition coefficient (Wildman–Crippen LogP) is 1.97. The van der Waals surface area contributed by atoms with Crippen molar-refractivity contribution < 1.29 is 14.0 Å². The molecule has 1 saturated heterocycles. The van der Waals surface area contributed by atoms with Gasteiger partial charge in [0.1, 0.15) is 5.60 Å². The Morgan fingerprint density at radius 3 is 2.86 bits per heavy atom. The van der Waals surface area contributed by atoms with Gasteiger partial charge in [-0.25, -0.2) is 0 Å².